The summed E-state index contributed by atoms with van der Waals surface area (Å²) >= 11 is 0. The van der Waals surface area contributed by atoms with Gasteiger partial charge in [-0.15, -0.1) is 0 Å². The molecule has 4 aromatic rings. The van der Waals surface area contributed by atoms with E-state index in [1.54, 1.807) is 16.9 Å². The van der Waals surface area contributed by atoms with Gasteiger partial charge >= 0.3 is 0 Å². The first-order valence-corrected chi connectivity index (χ1v) is 10.7. The Morgan fingerprint density at radius 3 is 2.75 bits per heavy atom. The van der Waals surface area contributed by atoms with Crippen LogP contribution in [0.4, 0.5) is 11.6 Å². The zero-order valence-corrected chi connectivity index (χ0v) is 18.2. The van der Waals surface area contributed by atoms with Gasteiger partial charge in [-0.2, -0.15) is 5.10 Å². The fourth-order valence-electron chi connectivity index (χ4n) is 4.06. The van der Waals surface area contributed by atoms with Crippen LogP contribution >= 0.6 is 0 Å². The number of fused-ring (bicyclic) bond motifs is 1. The monoisotopic (exact) mass is 425 g/mol. The number of carbonyl (C=O) groups excluding carboxylic acids is 1. The molecule has 1 aliphatic heterocycles. The number of amides is 1. The Morgan fingerprint density at radius 1 is 1.12 bits per heavy atom. The zero-order chi connectivity index (χ0) is 22.1. The van der Waals surface area contributed by atoms with Crippen molar-refractivity contribution in [3.05, 3.63) is 60.6 Å². The number of nitrogens with zero attached hydrogens (tertiary/aromatic N) is 5. The SMILES string of the molecule is Bc1nc(NC(=O)c2ccnc(N3CCNCC3)c2)cc2cc(-c3cnn(C)c3)ccc12. The molecule has 32 heavy (non-hydrogen) atoms. The van der Waals surface area contributed by atoms with Crippen LogP contribution in [0.1, 0.15) is 10.4 Å². The maximum atomic E-state index is 13.0. The molecule has 8 nitrogen and oxygen atoms in total. The van der Waals surface area contributed by atoms with Crippen LogP contribution < -0.4 is 21.1 Å². The number of hydrogen-bond donors (Lipinski definition) is 2. The second kappa shape index (κ2) is 8.43. The molecule has 1 aromatic carbocycles. The van der Waals surface area contributed by atoms with E-state index in [1.807, 2.05) is 39.4 Å². The minimum Gasteiger partial charge on any atom is -0.354 e. The third kappa shape index (κ3) is 4.07. The maximum absolute atomic E-state index is 13.0. The molecule has 1 fully saturated rings. The molecule has 1 amide bonds. The number of benzene rings is 1. The predicted octanol–water partition coefficient (Wildman–Crippen LogP) is 0.951. The Balaban J connectivity index is 1.41. The summed E-state index contributed by atoms with van der Waals surface area (Å²) in [5, 5.41) is 12.6. The smallest absolute Gasteiger partial charge is 0.257 e. The highest BCUT2D eigenvalue weighted by Gasteiger charge is 2.15. The molecular formula is C23H24BN7O. The molecule has 0 spiro atoms. The van der Waals surface area contributed by atoms with E-state index in [4.69, 9.17) is 0 Å². The van der Waals surface area contributed by atoms with Crippen LogP contribution in [0.3, 0.4) is 0 Å². The van der Waals surface area contributed by atoms with Crippen LogP contribution in [0.5, 0.6) is 0 Å². The topological polar surface area (TPSA) is 88.0 Å². The Morgan fingerprint density at radius 2 is 1.97 bits per heavy atom. The number of pyridine rings is 2. The van der Waals surface area contributed by atoms with Crippen molar-refractivity contribution < 1.29 is 4.79 Å². The van der Waals surface area contributed by atoms with Crippen molar-refractivity contribution in [2.75, 3.05) is 36.4 Å². The lowest BCUT2D eigenvalue weighted by Crippen LogP contribution is -2.43. The van der Waals surface area contributed by atoms with Gasteiger partial charge in [-0.05, 0) is 40.6 Å². The van der Waals surface area contributed by atoms with Crippen molar-refractivity contribution in [1.29, 1.82) is 0 Å². The molecule has 0 aliphatic carbocycles. The number of anilines is 2. The second-order valence-corrected chi connectivity index (χ2v) is 8.03. The Kier molecular flexibility index (Phi) is 5.32. The maximum Gasteiger partial charge on any atom is 0.257 e. The number of aryl methyl sites for hydroxylation is 1. The molecule has 1 saturated heterocycles. The Labute approximate surface area is 187 Å². The molecule has 5 rings (SSSR count). The van der Waals surface area contributed by atoms with Crippen LogP contribution in [0.2, 0.25) is 0 Å². The van der Waals surface area contributed by atoms with Gasteiger partial charge in [0.2, 0.25) is 0 Å². The van der Waals surface area contributed by atoms with E-state index in [1.165, 1.54) is 0 Å². The van der Waals surface area contributed by atoms with Gasteiger partial charge < -0.3 is 15.5 Å². The summed E-state index contributed by atoms with van der Waals surface area (Å²) in [5.41, 5.74) is 3.55. The lowest BCUT2D eigenvalue weighted by molar-refractivity contribution is 0.102. The second-order valence-electron chi connectivity index (χ2n) is 8.03. The summed E-state index contributed by atoms with van der Waals surface area (Å²) in [5.74, 6) is 1.16. The summed E-state index contributed by atoms with van der Waals surface area (Å²) in [6, 6.07) is 11.7. The Bertz CT molecular complexity index is 1300. The first-order chi connectivity index (χ1) is 15.6. The highest BCUT2D eigenvalue weighted by Crippen LogP contribution is 2.24. The molecule has 0 saturated carbocycles. The molecule has 3 aromatic heterocycles. The normalized spacial score (nSPS) is 14.0. The number of aromatic nitrogens is 4. The molecule has 0 bridgehead atoms. The third-order valence-corrected chi connectivity index (χ3v) is 5.75. The van der Waals surface area contributed by atoms with Crippen molar-refractivity contribution in [2.45, 2.75) is 0 Å². The fraction of sp³-hybridized carbons (Fsp3) is 0.217. The van der Waals surface area contributed by atoms with Crippen molar-refractivity contribution in [1.82, 2.24) is 25.1 Å². The van der Waals surface area contributed by atoms with Gasteiger partial charge in [0.15, 0.2) is 7.85 Å². The van der Waals surface area contributed by atoms with E-state index < -0.39 is 0 Å². The van der Waals surface area contributed by atoms with Crippen molar-refractivity contribution in [3.8, 4) is 11.1 Å². The van der Waals surface area contributed by atoms with E-state index in [0.29, 0.717) is 11.4 Å². The van der Waals surface area contributed by atoms with Gasteiger partial charge in [0.1, 0.15) is 11.6 Å². The summed E-state index contributed by atoms with van der Waals surface area (Å²) in [6.45, 7) is 3.59. The van der Waals surface area contributed by atoms with E-state index >= 15 is 0 Å². The molecule has 2 N–H and O–H groups in total. The van der Waals surface area contributed by atoms with Gasteiger partial charge in [0.25, 0.3) is 5.91 Å². The lowest BCUT2D eigenvalue weighted by atomic mass is 9.94. The highest BCUT2D eigenvalue weighted by atomic mass is 16.1. The van der Waals surface area contributed by atoms with Crippen molar-refractivity contribution in [2.24, 2.45) is 7.05 Å². The van der Waals surface area contributed by atoms with Crippen molar-refractivity contribution in [3.63, 3.8) is 0 Å². The summed E-state index contributed by atoms with van der Waals surface area (Å²) in [6.07, 6.45) is 5.51. The van der Waals surface area contributed by atoms with Crippen LogP contribution in [0.25, 0.3) is 21.9 Å². The molecule has 0 radical (unpaired) electrons. The van der Waals surface area contributed by atoms with E-state index in [-0.39, 0.29) is 5.91 Å². The van der Waals surface area contributed by atoms with Gasteiger partial charge in [0, 0.05) is 62.3 Å². The largest absolute Gasteiger partial charge is 0.354 e. The molecule has 160 valence electrons. The Hall–Kier alpha value is -3.72. The highest BCUT2D eigenvalue weighted by molar-refractivity contribution is 6.37. The minimum absolute atomic E-state index is 0.196. The minimum atomic E-state index is -0.196. The van der Waals surface area contributed by atoms with Crippen molar-refractivity contribution >= 4 is 41.8 Å². The number of rotatable bonds is 4. The zero-order valence-electron chi connectivity index (χ0n) is 18.2. The molecular weight excluding hydrogens is 401 g/mol. The van der Waals surface area contributed by atoms with Gasteiger partial charge in [-0.3, -0.25) is 9.48 Å². The number of carbonyl (C=O) groups is 1. The average molecular weight is 425 g/mol. The molecule has 4 heterocycles. The van der Waals surface area contributed by atoms with E-state index in [0.717, 1.165) is 59.5 Å². The molecule has 0 atom stereocenters. The molecule has 0 unspecified atom stereocenters. The van der Waals surface area contributed by atoms with Crippen LogP contribution in [-0.4, -0.2) is 59.7 Å². The van der Waals surface area contributed by atoms with Crippen LogP contribution in [-0.2, 0) is 7.05 Å². The van der Waals surface area contributed by atoms with Gasteiger partial charge in [-0.25, -0.2) is 9.97 Å². The van der Waals surface area contributed by atoms with Gasteiger partial charge in [0.05, 0.1) is 6.20 Å². The summed E-state index contributed by atoms with van der Waals surface area (Å²) < 4.78 is 1.78. The predicted molar refractivity (Wildman–Crippen MR) is 129 cm³/mol. The number of hydrogen-bond acceptors (Lipinski definition) is 6. The first kappa shape index (κ1) is 20.2. The average Bonchev–Trinajstić information content (AvgIpc) is 3.26. The van der Waals surface area contributed by atoms with Crippen LogP contribution in [0, 0.1) is 0 Å². The number of piperazine rings is 1. The van der Waals surface area contributed by atoms with E-state index in [2.05, 4.69) is 48.8 Å². The van der Waals surface area contributed by atoms with Crippen LogP contribution in [0.15, 0.2) is 55.0 Å². The molecule has 9 heteroatoms. The third-order valence-electron chi connectivity index (χ3n) is 5.75. The summed E-state index contributed by atoms with van der Waals surface area (Å²) in [7, 11) is 3.86. The fourth-order valence-corrected chi connectivity index (χ4v) is 4.06. The van der Waals surface area contributed by atoms with E-state index in [9.17, 15) is 4.79 Å². The quantitative estimate of drug-likeness (QED) is 0.474. The standard InChI is InChI=1S/C23H24BN7O/c1-30-14-18(13-27-30)15-2-3-19-17(10-15)11-20(28-22(19)24)29-23(32)16-4-5-26-21(12-16)31-8-6-25-7-9-31/h2-5,10-14,25H,6-9,24H2,1H3,(H,28,29,32). The first-order valence-electron chi connectivity index (χ1n) is 10.7. The molecule has 1 aliphatic rings. The van der Waals surface area contributed by atoms with Gasteiger partial charge in [-0.1, -0.05) is 12.1 Å². The summed E-state index contributed by atoms with van der Waals surface area (Å²) in [4.78, 5) is 24.2. The lowest BCUT2D eigenvalue weighted by Gasteiger charge is -2.28. The number of nitrogens with one attached hydrogen (secondary N) is 2.